The summed E-state index contributed by atoms with van der Waals surface area (Å²) in [7, 11) is 0. The number of imidazole rings is 1. The summed E-state index contributed by atoms with van der Waals surface area (Å²) in [5, 5.41) is 9.79. The van der Waals surface area contributed by atoms with Crippen LogP contribution in [0.25, 0.3) is 22.4 Å². The van der Waals surface area contributed by atoms with Crippen LogP contribution in [0.3, 0.4) is 0 Å². The van der Waals surface area contributed by atoms with Crippen LogP contribution in [0.1, 0.15) is 11.1 Å². The molecule has 0 aliphatic heterocycles. The lowest BCUT2D eigenvalue weighted by molar-refractivity contribution is 0.471. The highest BCUT2D eigenvalue weighted by Gasteiger charge is 2.11. The number of aromatic hydroxyl groups is 1. The molecule has 2 N–H and O–H groups in total. The summed E-state index contributed by atoms with van der Waals surface area (Å²) in [4.78, 5) is 7.95. The fourth-order valence-corrected chi connectivity index (χ4v) is 2.83. The smallest absolute Gasteiger partial charge is 0.138 e. The highest BCUT2D eigenvalue weighted by atomic mass is 79.9. The van der Waals surface area contributed by atoms with E-state index in [1.165, 1.54) is 0 Å². The Bertz CT molecular complexity index is 777. The van der Waals surface area contributed by atoms with Gasteiger partial charge in [-0.15, -0.1) is 0 Å². The molecule has 1 aromatic heterocycles. The molecule has 0 spiro atoms. The number of hydrogen-bond acceptors (Lipinski definition) is 2. The molecule has 0 bridgehead atoms. The van der Waals surface area contributed by atoms with Crippen molar-refractivity contribution in [1.82, 2.24) is 9.97 Å². The molecule has 2 aromatic carbocycles. The third-order valence-corrected chi connectivity index (χ3v) is 3.76. The second-order valence-corrected chi connectivity index (χ2v) is 5.57. The van der Waals surface area contributed by atoms with Crippen LogP contribution in [0.4, 0.5) is 0 Å². The Hall–Kier alpha value is -1.81. The highest BCUT2D eigenvalue weighted by Crippen LogP contribution is 2.30. The molecule has 0 atom stereocenters. The highest BCUT2D eigenvalue weighted by molar-refractivity contribution is 9.10. The fraction of sp³-hybridized carbons (Fsp3) is 0.133. The lowest BCUT2D eigenvalue weighted by Gasteiger charge is -2.03. The summed E-state index contributed by atoms with van der Waals surface area (Å²) in [5.41, 5.74) is 4.82. The van der Waals surface area contributed by atoms with Crippen LogP contribution in [0.15, 0.2) is 34.8 Å². The predicted octanol–water partition coefficient (Wildman–Crippen LogP) is 4.31. The topological polar surface area (TPSA) is 48.9 Å². The molecule has 0 amide bonds. The van der Waals surface area contributed by atoms with Gasteiger partial charge in [-0.2, -0.15) is 0 Å². The Morgan fingerprint density at radius 3 is 2.79 bits per heavy atom. The van der Waals surface area contributed by atoms with E-state index in [1.807, 2.05) is 38.1 Å². The molecule has 3 rings (SSSR count). The minimum absolute atomic E-state index is 0.288. The number of nitrogens with zero attached hydrogens (tertiary/aromatic N) is 1. The van der Waals surface area contributed by atoms with E-state index < -0.39 is 0 Å². The summed E-state index contributed by atoms with van der Waals surface area (Å²) < 4.78 is 1.03. The average molecular weight is 317 g/mol. The van der Waals surface area contributed by atoms with Crippen LogP contribution >= 0.6 is 15.9 Å². The summed E-state index contributed by atoms with van der Waals surface area (Å²) >= 11 is 3.49. The van der Waals surface area contributed by atoms with Crippen molar-refractivity contribution in [2.24, 2.45) is 0 Å². The first kappa shape index (κ1) is 12.2. The van der Waals surface area contributed by atoms with Gasteiger partial charge in [-0.3, -0.25) is 0 Å². The van der Waals surface area contributed by atoms with E-state index in [9.17, 15) is 5.11 Å². The van der Waals surface area contributed by atoms with Gasteiger partial charge in [0.05, 0.1) is 11.0 Å². The van der Waals surface area contributed by atoms with E-state index in [1.54, 1.807) is 6.07 Å². The molecule has 3 nitrogen and oxygen atoms in total. The van der Waals surface area contributed by atoms with Crippen LogP contribution in [-0.2, 0) is 0 Å². The monoisotopic (exact) mass is 316 g/mol. The molecule has 3 aromatic rings. The third kappa shape index (κ3) is 2.02. The van der Waals surface area contributed by atoms with Crippen molar-refractivity contribution < 1.29 is 5.11 Å². The molecule has 19 heavy (non-hydrogen) atoms. The Morgan fingerprint density at radius 1 is 1.21 bits per heavy atom. The number of rotatable bonds is 1. The van der Waals surface area contributed by atoms with Gasteiger partial charge in [0, 0.05) is 15.6 Å². The second kappa shape index (κ2) is 4.38. The van der Waals surface area contributed by atoms with Gasteiger partial charge in [-0.25, -0.2) is 4.98 Å². The van der Waals surface area contributed by atoms with Gasteiger partial charge >= 0.3 is 0 Å². The van der Waals surface area contributed by atoms with Crippen LogP contribution in [0, 0.1) is 13.8 Å². The Balaban J connectivity index is 2.26. The van der Waals surface area contributed by atoms with Crippen LogP contribution in [-0.4, -0.2) is 15.1 Å². The van der Waals surface area contributed by atoms with Crippen molar-refractivity contribution in [1.29, 1.82) is 0 Å². The minimum Gasteiger partial charge on any atom is -0.508 e. The zero-order chi connectivity index (χ0) is 13.6. The molecule has 0 radical (unpaired) electrons. The molecule has 4 heteroatoms. The lowest BCUT2D eigenvalue weighted by atomic mass is 10.1. The van der Waals surface area contributed by atoms with Gasteiger partial charge in [-0.05, 0) is 37.6 Å². The maximum absolute atomic E-state index is 9.79. The quantitative estimate of drug-likeness (QED) is 0.702. The number of halogens is 1. The largest absolute Gasteiger partial charge is 0.508 e. The van der Waals surface area contributed by atoms with Gasteiger partial charge < -0.3 is 10.1 Å². The van der Waals surface area contributed by atoms with Crippen molar-refractivity contribution in [2.75, 3.05) is 0 Å². The van der Waals surface area contributed by atoms with E-state index in [4.69, 9.17) is 0 Å². The van der Waals surface area contributed by atoms with Gasteiger partial charge in [0.15, 0.2) is 0 Å². The molecule has 0 saturated heterocycles. The number of fused-ring (bicyclic) bond motifs is 1. The van der Waals surface area contributed by atoms with Gasteiger partial charge in [0.1, 0.15) is 11.6 Å². The molecule has 0 aliphatic carbocycles. The second-order valence-electron chi connectivity index (χ2n) is 4.65. The summed E-state index contributed by atoms with van der Waals surface area (Å²) in [6, 6.07) is 9.52. The first-order valence-electron chi connectivity index (χ1n) is 6.01. The number of phenols is 1. The van der Waals surface area contributed by atoms with Crippen molar-refractivity contribution in [3.8, 4) is 17.1 Å². The molecule has 0 aliphatic rings. The summed E-state index contributed by atoms with van der Waals surface area (Å²) in [5.74, 6) is 1.07. The summed E-state index contributed by atoms with van der Waals surface area (Å²) in [6.07, 6.45) is 0. The normalized spacial score (nSPS) is 11.1. The van der Waals surface area contributed by atoms with E-state index in [-0.39, 0.29) is 5.75 Å². The molecular weight excluding hydrogens is 304 g/mol. The van der Waals surface area contributed by atoms with Crippen molar-refractivity contribution in [3.63, 3.8) is 0 Å². The number of benzene rings is 2. The minimum atomic E-state index is 0.288. The first-order chi connectivity index (χ1) is 9.06. The first-order valence-corrected chi connectivity index (χ1v) is 6.80. The number of phenolic OH excluding ortho intramolecular Hbond substituents is 1. The zero-order valence-corrected chi connectivity index (χ0v) is 12.2. The van der Waals surface area contributed by atoms with E-state index in [0.717, 1.165) is 38.0 Å². The lowest BCUT2D eigenvalue weighted by Crippen LogP contribution is -1.85. The van der Waals surface area contributed by atoms with Gasteiger partial charge in [0.25, 0.3) is 0 Å². The van der Waals surface area contributed by atoms with E-state index in [0.29, 0.717) is 0 Å². The third-order valence-electron chi connectivity index (χ3n) is 3.30. The van der Waals surface area contributed by atoms with Crippen LogP contribution < -0.4 is 0 Å². The Kier molecular flexibility index (Phi) is 2.82. The SMILES string of the molecule is Cc1c(O)cccc1-c1nc2c(C)cc(Br)cc2[nH]1. The number of aryl methyl sites for hydroxylation is 1. The Morgan fingerprint density at radius 2 is 2.00 bits per heavy atom. The average Bonchev–Trinajstić information content (AvgIpc) is 2.76. The van der Waals surface area contributed by atoms with Gasteiger partial charge in [-0.1, -0.05) is 28.1 Å². The van der Waals surface area contributed by atoms with Crippen LogP contribution in [0.5, 0.6) is 5.75 Å². The summed E-state index contributed by atoms with van der Waals surface area (Å²) in [6.45, 7) is 3.92. The van der Waals surface area contributed by atoms with Crippen molar-refractivity contribution in [2.45, 2.75) is 13.8 Å². The van der Waals surface area contributed by atoms with Gasteiger partial charge in [0.2, 0.25) is 0 Å². The van der Waals surface area contributed by atoms with E-state index >= 15 is 0 Å². The fourth-order valence-electron chi connectivity index (χ4n) is 2.25. The number of aromatic amines is 1. The van der Waals surface area contributed by atoms with E-state index in [2.05, 4.69) is 25.9 Å². The number of H-pyrrole nitrogens is 1. The number of aromatic nitrogens is 2. The standard InChI is InChI=1S/C15H13BrN2O/c1-8-6-10(16)7-12-14(8)18-15(17-12)11-4-3-5-13(19)9(11)2/h3-7,19H,1-2H3,(H,17,18). The zero-order valence-electron chi connectivity index (χ0n) is 10.7. The molecule has 0 unspecified atom stereocenters. The molecule has 0 fully saturated rings. The number of hydrogen-bond donors (Lipinski definition) is 2. The van der Waals surface area contributed by atoms with Crippen LogP contribution in [0.2, 0.25) is 0 Å². The molecule has 1 heterocycles. The molecule has 0 saturated carbocycles. The predicted molar refractivity (Wildman–Crippen MR) is 80.4 cm³/mol. The van der Waals surface area contributed by atoms with Crippen molar-refractivity contribution in [3.05, 3.63) is 45.9 Å². The molecular formula is C15H13BrN2O. The maximum Gasteiger partial charge on any atom is 0.138 e. The maximum atomic E-state index is 9.79. The molecule has 96 valence electrons. The number of nitrogens with one attached hydrogen (secondary N) is 1. The van der Waals surface area contributed by atoms with Crippen molar-refractivity contribution >= 4 is 27.0 Å². The Labute approximate surface area is 119 Å².